The van der Waals surface area contributed by atoms with Crippen LogP contribution in [-0.2, 0) is 27.4 Å². The van der Waals surface area contributed by atoms with Crippen LogP contribution >= 0.6 is 11.8 Å². The Morgan fingerprint density at radius 3 is 2.06 bits per heavy atom. The number of benzene rings is 2. The number of nitrogens with zero attached hydrogens (tertiary/aromatic N) is 1. The smallest absolute Gasteiger partial charge is 0.371 e. The molecular formula is C24H29F3N2O3S. The third kappa shape index (κ3) is 8.33. The molecular weight excluding hydrogens is 453 g/mol. The monoisotopic (exact) mass is 482 g/mol. The van der Waals surface area contributed by atoms with Crippen molar-refractivity contribution in [1.82, 2.24) is 4.90 Å². The normalized spacial score (nSPS) is 23.3. The molecule has 1 aliphatic heterocycles. The zero-order valence-electron chi connectivity index (χ0n) is 18.6. The Kier molecular flexibility index (Phi) is 9.19. The predicted molar refractivity (Wildman–Crippen MR) is 123 cm³/mol. The molecule has 4 atom stereocenters. The number of hydrogen-bond donors (Lipinski definition) is 1. The summed E-state index contributed by atoms with van der Waals surface area (Å²) in [6, 6.07) is 18.8. The lowest BCUT2D eigenvalue weighted by atomic mass is 9.98. The molecule has 1 heterocycles. The summed E-state index contributed by atoms with van der Waals surface area (Å²) in [6.07, 6.45) is -8.03. The maximum Gasteiger partial charge on any atom is 0.391 e. The van der Waals surface area contributed by atoms with Gasteiger partial charge >= 0.3 is 6.18 Å². The number of rotatable bonds is 8. The van der Waals surface area contributed by atoms with Gasteiger partial charge in [0.25, 0.3) is 0 Å². The summed E-state index contributed by atoms with van der Waals surface area (Å²) in [5.41, 5.74) is 1.13. The van der Waals surface area contributed by atoms with Crippen LogP contribution in [0, 0.1) is 5.41 Å². The standard InChI is InChI=1S/C24H29F3N2O3S/c1-29(2)23(28)33-21-13-19(30-15-17-9-5-3-6-10-17)22(20(32-21)14-24(25,26)27)31-16-18-11-7-4-8-12-18/h3-12,19-22,28H,13-16H2,1-2H3. The topological polar surface area (TPSA) is 54.8 Å². The summed E-state index contributed by atoms with van der Waals surface area (Å²) >= 11 is 1.08. The van der Waals surface area contributed by atoms with Crippen molar-refractivity contribution in [3.63, 3.8) is 0 Å². The minimum atomic E-state index is -4.43. The van der Waals surface area contributed by atoms with Gasteiger partial charge in [-0.1, -0.05) is 72.4 Å². The number of hydrogen-bond acceptors (Lipinski definition) is 5. The Bertz CT molecular complexity index is 868. The Morgan fingerprint density at radius 1 is 1.00 bits per heavy atom. The van der Waals surface area contributed by atoms with Crippen molar-refractivity contribution in [2.24, 2.45) is 0 Å². The highest BCUT2D eigenvalue weighted by Crippen LogP contribution is 2.37. The summed E-state index contributed by atoms with van der Waals surface area (Å²) in [6.45, 7) is 0.400. The molecule has 4 unspecified atom stereocenters. The lowest BCUT2D eigenvalue weighted by Gasteiger charge is -2.41. The molecule has 9 heteroatoms. The van der Waals surface area contributed by atoms with Crippen LogP contribution in [0.1, 0.15) is 24.0 Å². The third-order valence-corrected chi connectivity index (χ3v) is 6.31. The van der Waals surface area contributed by atoms with Crippen molar-refractivity contribution in [1.29, 1.82) is 5.41 Å². The summed E-state index contributed by atoms with van der Waals surface area (Å²) < 4.78 is 58.3. The van der Waals surface area contributed by atoms with Crippen molar-refractivity contribution >= 4 is 16.9 Å². The van der Waals surface area contributed by atoms with Crippen molar-refractivity contribution in [3.8, 4) is 0 Å². The molecule has 33 heavy (non-hydrogen) atoms. The molecule has 0 radical (unpaired) electrons. The highest BCUT2D eigenvalue weighted by Gasteiger charge is 2.46. The van der Waals surface area contributed by atoms with E-state index in [0.29, 0.717) is 6.42 Å². The molecule has 180 valence electrons. The fraction of sp³-hybridized carbons (Fsp3) is 0.458. The SMILES string of the molecule is CN(C)C(=N)SC1CC(OCc2ccccc2)C(OCc2ccccc2)C(CC(F)(F)F)O1. The molecule has 2 aromatic rings. The van der Waals surface area contributed by atoms with Gasteiger partial charge in [-0.15, -0.1) is 0 Å². The molecule has 2 aromatic carbocycles. The van der Waals surface area contributed by atoms with E-state index in [2.05, 4.69) is 0 Å². The van der Waals surface area contributed by atoms with Gasteiger partial charge in [0.05, 0.1) is 31.8 Å². The molecule has 1 saturated heterocycles. The van der Waals surface area contributed by atoms with E-state index in [1.165, 1.54) is 0 Å². The first-order chi connectivity index (χ1) is 15.7. The maximum absolute atomic E-state index is 13.4. The van der Waals surface area contributed by atoms with Crippen LogP contribution in [0.5, 0.6) is 0 Å². The average Bonchev–Trinajstić information content (AvgIpc) is 2.77. The second-order valence-electron chi connectivity index (χ2n) is 8.07. The minimum absolute atomic E-state index is 0.153. The second-order valence-corrected chi connectivity index (χ2v) is 9.22. The van der Waals surface area contributed by atoms with Crippen molar-refractivity contribution < 1.29 is 27.4 Å². The third-order valence-electron chi connectivity index (χ3n) is 5.16. The van der Waals surface area contributed by atoms with E-state index in [0.717, 1.165) is 22.9 Å². The van der Waals surface area contributed by atoms with Gasteiger partial charge in [0.1, 0.15) is 11.5 Å². The minimum Gasteiger partial charge on any atom is -0.371 e. The Balaban J connectivity index is 1.80. The van der Waals surface area contributed by atoms with Crippen LogP contribution in [0.15, 0.2) is 60.7 Å². The summed E-state index contributed by atoms with van der Waals surface area (Å²) in [5.74, 6) is 0. The molecule has 0 aliphatic carbocycles. The van der Waals surface area contributed by atoms with Crippen LogP contribution < -0.4 is 0 Å². The van der Waals surface area contributed by atoms with Gasteiger partial charge < -0.3 is 19.1 Å². The average molecular weight is 483 g/mol. The highest BCUT2D eigenvalue weighted by atomic mass is 32.2. The van der Waals surface area contributed by atoms with Gasteiger partial charge in [-0.25, -0.2) is 0 Å². The van der Waals surface area contributed by atoms with Crippen LogP contribution in [0.25, 0.3) is 0 Å². The lowest BCUT2D eigenvalue weighted by Crippen LogP contribution is -2.51. The molecule has 1 N–H and O–H groups in total. The Morgan fingerprint density at radius 2 is 1.55 bits per heavy atom. The number of ether oxygens (including phenoxy) is 3. The van der Waals surface area contributed by atoms with Crippen molar-refractivity contribution in [3.05, 3.63) is 71.8 Å². The van der Waals surface area contributed by atoms with Crippen LogP contribution in [0.3, 0.4) is 0 Å². The molecule has 0 saturated carbocycles. The van der Waals surface area contributed by atoms with Gasteiger partial charge in [0.15, 0.2) is 5.17 Å². The van der Waals surface area contributed by atoms with Crippen LogP contribution in [0.2, 0.25) is 0 Å². The van der Waals surface area contributed by atoms with Crippen LogP contribution in [0.4, 0.5) is 13.2 Å². The number of thioether (sulfide) groups is 1. The van der Waals surface area contributed by atoms with E-state index >= 15 is 0 Å². The van der Waals surface area contributed by atoms with Gasteiger partial charge in [-0.05, 0) is 11.1 Å². The molecule has 5 nitrogen and oxygen atoms in total. The molecule has 3 rings (SSSR count). The quantitative estimate of drug-likeness (QED) is 0.400. The number of halogens is 3. The van der Waals surface area contributed by atoms with E-state index < -0.39 is 36.3 Å². The van der Waals surface area contributed by atoms with Crippen molar-refractivity contribution in [2.45, 2.75) is 56.0 Å². The molecule has 1 fully saturated rings. The Labute approximate surface area is 196 Å². The van der Waals surface area contributed by atoms with Gasteiger partial charge in [0, 0.05) is 20.5 Å². The van der Waals surface area contributed by atoms with E-state index in [1.54, 1.807) is 19.0 Å². The highest BCUT2D eigenvalue weighted by molar-refractivity contribution is 8.14. The zero-order valence-corrected chi connectivity index (χ0v) is 19.4. The van der Waals surface area contributed by atoms with Gasteiger partial charge in [-0.3, -0.25) is 5.41 Å². The second kappa shape index (κ2) is 11.9. The molecule has 0 bridgehead atoms. The number of amidine groups is 1. The number of nitrogens with one attached hydrogen (secondary N) is 1. The van der Waals surface area contributed by atoms with Crippen LogP contribution in [-0.4, -0.2) is 54.1 Å². The first kappa shape index (κ1) is 25.6. The molecule has 0 spiro atoms. The van der Waals surface area contributed by atoms with Gasteiger partial charge in [0.2, 0.25) is 0 Å². The molecule has 1 aliphatic rings. The fourth-order valence-corrected chi connectivity index (χ4v) is 4.46. The first-order valence-electron chi connectivity index (χ1n) is 10.7. The molecule has 0 amide bonds. The summed E-state index contributed by atoms with van der Waals surface area (Å²) in [5, 5.41) is 8.29. The van der Waals surface area contributed by atoms with E-state index in [9.17, 15) is 13.2 Å². The fourth-order valence-electron chi connectivity index (χ4n) is 3.51. The maximum atomic E-state index is 13.4. The first-order valence-corrected chi connectivity index (χ1v) is 11.5. The Hall–Kier alpha value is -2.07. The lowest BCUT2D eigenvalue weighted by molar-refractivity contribution is -0.228. The van der Waals surface area contributed by atoms with E-state index in [4.69, 9.17) is 19.6 Å². The van der Waals surface area contributed by atoms with Crippen molar-refractivity contribution in [2.75, 3.05) is 14.1 Å². The van der Waals surface area contributed by atoms with E-state index in [1.807, 2.05) is 60.7 Å². The number of alkyl halides is 3. The predicted octanol–water partition coefficient (Wildman–Crippen LogP) is 5.45. The van der Waals surface area contributed by atoms with E-state index in [-0.39, 0.29) is 18.4 Å². The largest absolute Gasteiger partial charge is 0.391 e. The zero-order chi connectivity index (χ0) is 23.8. The summed E-state index contributed by atoms with van der Waals surface area (Å²) in [7, 11) is 3.42. The van der Waals surface area contributed by atoms with Gasteiger partial charge in [-0.2, -0.15) is 13.2 Å². The molecule has 0 aromatic heterocycles. The summed E-state index contributed by atoms with van der Waals surface area (Å²) in [4.78, 5) is 1.59.